The van der Waals surface area contributed by atoms with Crippen LogP contribution in [0.25, 0.3) is 0 Å². The van der Waals surface area contributed by atoms with Gasteiger partial charge in [-0.1, -0.05) is 17.7 Å². The molecule has 7 nitrogen and oxygen atoms in total. The molecule has 24 heavy (non-hydrogen) atoms. The van der Waals surface area contributed by atoms with Gasteiger partial charge < -0.3 is 37.1 Å². The van der Waals surface area contributed by atoms with Crippen molar-refractivity contribution in [3.05, 3.63) is 29.8 Å². The van der Waals surface area contributed by atoms with Crippen LogP contribution in [0.2, 0.25) is 0 Å². The van der Waals surface area contributed by atoms with Crippen LogP contribution in [-0.2, 0) is 4.79 Å². The maximum atomic E-state index is 9.99. The quantitative estimate of drug-likeness (QED) is 0.288. The zero-order chi connectivity index (χ0) is 19.2. The van der Waals surface area contributed by atoms with E-state index in [-0.39, 0.29) is 0 Å². The SMILES string of the molecule is CN.CNC(CCCN)CNCC=O.CO.Cc1ccc(O)cc1. The molecule has 0 fully saturated rings. The Morgan fingerprint density at radius 3 is 2.12 bits per heavy atom. The summed E-state index contributed by atoms with van der Waals surface area (Å²) in [6, 6.07) is 7.52. The number of aliphatic hydroxyl groups is 1. The molecule has 0 heterocycles. The standard InChI is InChI=1S/C8H19N3O.C7H8O.CH5N.CH4O/c1-10-8(3-2-4-9)7-11-5-6-12;1-6-2-4-7(8)5-3-6;2*1-2/h6,8,10-11H,2-5,7,9H2,1H3;2-5,8H,1H3;2H2,1H3;2H,1H3. The normalized spacial score (nSPS) is 9.96. The van der Waals surface area contributed by atoms with Gasteiger partial charge in [-0.2, -0.15) is 0 Å². The molecule has 0 amide bonds. The fraction of sp³-hybridized carbons (Fsp3) is 0.588. The Morgan fingerprint density at radius 1 is 1.21 bits per heavy atom. The number of nitrogens with one attached hydrogen (secondary N) is 2. The highest BCUT2D eigenvalue weighted by Crippen LogP contribution is 2.07. The van der Waals surface area contributed by atoms with Gasteiger partial charge in [-0.25, -0.2) is 0 Å². The van der Waals surface area contributed by atoms with Gasteiger partial charge in [-0.05, 0) is 52.5 Å². The van der Waals surface area contributed by atoms with Crippen LogP contribution in [0.1, 0.15) is 18.4 Å². The van der Waals surface area contributed by atoms with Crippen molar-refractivity contribution in [2.75, 3.05) is 40.8 Å². The van der Waals surface area contributed by atoms with Crippen molar-refractivity contribution in [1.82, 2.24) is 10.6 Å². The van der Waals surface area contributed by atoms with E-state index in [1.807, 2.05) is 26.1 Å². The highest BCUT2D eigenvalue weighted by atomic mass is 16.3. The van der Waals surface area contributed by atoms with E-state index in [1.54, 1.807) is 12.1 Å². The number of hydrogen-bond donors (Lipinski definition) is 6. The molecule has 0 saturated carbocycles. The van der Waals surface area contributed by atoms with E-state index in [0.29, 0.717) is 18.3 Å². The minimum Gasteiger partial charge on any atom is -0.508 e. The predicted molar refractivity (Wildman–Crippen MR) is 101 cm³/mol. The second kappa shape index (κ2) is 23.8. The number of aliphatic hydroxyl groups excluding tert-OH is 1. The molecule has 0 aliphatic heterocycles. The molecule has 1 unspecified atom stereocenters. The van der Waals surface area contributed by atoms with Crippen LogP contribution in [0, 0.1) is 6.92 Å². The van der Waals surface area contributed by atoms with E-state index in [1.165, 1.54) is 12.6 Å². The summed E-state index contributed by atoms with van der Waals surface area (Å²) in [7, 11) is 4.42. The molecule has 8 N–H and O–H groups in total. The molecule has 142 valence electrons. The molecule has 0 aliphatic carbocycles. The fourth-order valence-corrected chi connectivity index (χ4v) is 1.57. The number of carbonyl (C=O) groups excluding carboxylic acids is 1. The van der Waals surface area contributed by atoms with Gasteiger partial charge in [0.1, 0.15) is 12.0 Å². The first-order valence-electron chi connectivity index (χ1n) is 7.93. The predicted octanol–water partition coefficient (Wildman–Crippen LogP) is -0.0142. The van der Waals surface area contributed by atoms with Crippen molar-refractivity contribution in [3.8, 4) is 5.75 Å². The van der Waals surface area contributed by atoms with E-state index in [9.17, 15) is 4.79 Å². The summed E-state index contributed by atoms with van der Waals surface area (Å²) in [6.45, 7) is 3.97. The fourth-order valence-electron chi connectivity index (χ4n) is 1.57. The summed E-state index contributed by atoms with van der Waals surface area (Å²) in [4.78, 5) is 9.99. The highest BCUT2D eigenvalue weighted by molar-refractivity contribution is 5.51. The molecule has 0 radical (unpaired) electrons. The second-order valence-corrected chi connectivity index (χ2v) is 4.58. The number of aromatic hydroxyl groups is 1. The number of nitrogens with two attached hydrogens (primary N) is 2. The van der Waals surface area contributed by atoms with E-state index in [0.717, 1.165) is 39.3 Å². The van der Waals surface area contributed by atoms with Crippen LogP contribution in [0.5, 0.6) is 5.75 Å². The number of phenols is 1. The van der Waals surface area contributed by atoms with Crippen molar-refractivity contribution >= 4 is 6.29 Å². The van der Waals surface area contributed by atoms with Crippen molar-refractivity contribution in [3.63, 3.8) is 0 Å². The van der Waals surface area contributed by atoms with Gasteiger partial charge in [-0.3, -0.25) is 0 Å². The van der Waals surface area contributed by atoms with Gasteiger partial charge in [0.25, 0.3) is 0 Å². The molecule has 0 aromatic heterocycles. The highest BCUT2D eigenvalue weighted by Gasteiger charge is 2.03. The van der Waals surface area contributed by atoms with Crippen molar-refractivity contribution in [2.24, 2.45) is 11.5 Å². The Balaban J connectivity index is -0.000000317. The largest absolute Gasteiger partial charge is 0.508 e. The average molecular weight is 345 g/mol. The summed E-state index contributed by atoms with van der Waals surface area (Å²) in [6.07, 6.45) is 2.95. The number of hydrogen-bond acceptors (Lipinski definition) is 7. The number of aryl methyl sites for hydroxylation is 1. The zero-order valence-corrected chi connectivity index (χ0v) is 15.5. The number of likely N-dealkylation sites (N-methyl/N-ethyl adjacent to an activating group) is 1. The number of rotatable bonds is 8. The molecule has 0 saturated heterocycles. The third-order valence-electron chi connectivity index (χ3n) is 2.82. The molecule has 1 aromatic rings. The zero-order valence-electron chi connectivity index (χ0n) is 15.5. The van der Waals surface area contributed by atoms with Crippen LogP contribution in [0.4, 0.5) is 0 Å². The van der Waals surface area contributed by atoms with Gasteiger partial charge in [0.15, 0.2) is 0 Å². The minimum atomic E-state index is 0.329. The molecule has 1 aromatic carbocycles. The van der Waals surface area contributed by atoms with Crippen LogP contribution in [-0.4, -0.2) is 63.4 Å². The van der Waals surface area contributed by atoms with Gasteiger partial charge in [-0.15, -0.1) is 0 Å². The summed E-state index contributed by atoms with van der Waals surface area (Å²) in [5, 5.41) is 21.9. The van der Waals surface area contributed by atoms with Crippen molar-refractivity contribution in [2.45, 2.75) is 25.8 Å². The van der Waals surface area contributed by atoms with Crippen molar-refractivity contribution in [1.29, 1.82) is 0 Å². The smallest absolute Gasteiger partial charge is 0.133 e. The lowest BCUT2D eigenvalue weighted by Gasteiger charge is -2.15. The first-order valence-corrected chi connectivity index (χ1v) is 7.93. The Hall–Kier alpha value is -1.51. The van der Waals surface area contributed by atoms with E-state index >= 15 is 0 Å². The summed E-state index contributed by atoms with van der Waals surface area (Å²) < 4.78 is 0. The van der Waals surface area contributed by atoms with Gasteiger partial charge in [0.05, 0.1) is 6.54 Å². The maximum absolute atomic E-state index is 9.99. The maximum Gasteiger partial charge on any atom is 0.133 e. The van der Waals surface area contributed by atoms with Gasteiger partial charge in [0.2, 0.25) is 0 Å². The molecule has 1 atom stereocenters. The summed E-state index contributed by atoms with van der Waals surface area (Å²) in [5.41, 5.74) is 11.1. The summed E-state index contributed by atoms with van der Waals surface area (Å²) >= 11 is 0. The third kappa shape index (κ3) is 20.5. The molecule has 1 rings (SSSR count). The Labute approximate surface area is 146 Å². The lowest BCUT2D eigenvalue weighted by molar-refractivity contribution is -0.107. The summed E-state index contributed by atoms with van der Waals surface area (Å²) in [5.74, 6) is 0.329. The first kappa shape index (κ1) is 27.3. The Kier molecular flexibility index (Phi) is 27.1. The Bertz CT molecular complexity index is 327. The molecule has 0 spiro atoms. The number of aldehydes is 1. The van der Waals surface area contributed by atoms with E-state index in [4.69, 9.17) is 15.9 Å². The Morgan fingerprint density at radius 2 is 1.75 bits per heavy atom. The van der Waals surface area contributed by atoms with Crippen LogP contribution >= 0.6 is 0 Å². The second-order valence-electron chi connectivity index (χ2n) is 4.58. The van der Waals surface area contributed by atoms with Crippen LogP contribution < -0.4 is 22.1 Å². The minimum absolute atomic E-state index is 0.329. The van der Waals surface area contributed by atoms with Crippen LogP contribution in [0.3, 0.4) is 0 Å². The molecular weight excluding hydrogens is 308 g/mol. The molecule has 0 bridgehead atoms. The van der Waals surface area contributed by atoms with E-state index < -0.39 is 0 Å². The van der Waals surface area contributed by atoms with E-state index in [2.05, 4.69) is 16.4 Å². The first-order chi connectivity index (χ1) is 11.6. The lowest BCUT2D eigenvalue weighted by atomic mass is 10.1. The van der Waals surface area contributed by atoms with Gasteiger partial charge >= 0.3 is 0 Å². The monoisotopic (exact) mass is 344 g/mol. The molecular formula is C17H36N4O3. The lowest BCUT2D eigenvalue weighted by Crippen LogP contribution is -2.37. The number of phenolic OH excluding ortho intramolecular Hbond substituents is 1. The van der Waals surface area contributed by atoms with Crippen molar-refractivity contribution < 1.29 is 15.0 Å². The topological polar surface area (TPSA) is 134 Å². The average Bonchev–Trinajstić information content (AvgIpc) is 2.64. The number of benzene rings is 1. The van der Waals surface area contributed by atoms with Gasteiger partial charge in [0, 0.05) is 19.7 Å². The molecule has 0 aliphatic rings. The van der Waals surface area contributed by atoms with Crippen LogP contribution in [0.15, 0.2) is 24.3 Å². The number of carbonyl (C=O) groups is 1. The third-order valence-corrected chi connectivity index (χ3v) is 2.82. The molecule has 7 heteroatoms.